The fourth-order valence-electron chi connectivity index (χ4n) is 3.91. The number of carbonyl (C=O) groups is 1. The molecule has 1 amide bonds. The third-order valence-electron chi connectivity index (χ3n) is 5.44. The van der Waals surface area contributed by atoms with E-state index in [2.05, 4.69) is 40.3 Å². The fourth-order valence-corrected chi connectivity index (χ4v) is 4.92. The molecule has 1 aromatic heterocycles. The Kier molecular flexibility index (Phi) is 5.89. The standard InChI is InChI=1S/C27H21ClN2OS/c28-21-14-12-19(13-15-21)16-30-17-26(23-9-3-4-11-25(23)30)32-18-27(31)29-24-10-5-7-20-6-1-2-8-22(20)24/h1-15,17H,16,18H2,(H,29,31). The molecular formula is C27H21ClN2OS. The van der Waals surface area contributed by atoms with Gasteiger partial charge in [0.1, 0.15) is 0 Å². The fraction of sp³-hybridized carbons (Fsp3) is 0.0741. The van der Waals surface area contributed by atoms with Gasteiger partial charge in [-0.05, 0) is 35.2 Å². The minimum Gasteiger partial charge on any atom is -0.342 e. The number of nitrogens with one attached hydrogen (secondary N) is 1. The van der Waals surface area contributed by atoms with Gasteiger partial charge >= 0.3 is 0 Å². The number of hydrogen-bond acceptors (Lipinski definition) is 2. The third kappa shape index (κ3) is 4.38. The number of halogens is 1. The van der Waals surface area contributed by atoms with Gasteiger partial charge in [-0.15, -0.1) is 11.8 Å². The molecule has 0 aliphatic rings. The maximum atomic E-state index is 12.7. The molecular weight excluding hydrogens is 436 g/mol. The van der Waals surface area contributed by atoms with Gasteiger partial charge in [0.05, 0.1) is 5.75 Å². The van der Waals surface area contributed by atoms with Crippen molar-refractivity contribution in [1.82, 2.24) is 4.57 Å². The normalized spacial score (nSPS) is 11.2. The second-order valence-corrected chi connectivity index (χ2v) is 9.08. The highest BCUT2D eigenvalue weighted by Gasteiger charge is 2.12. The first-order valence-corrected chi connectivity index (χ1v) is 11.8. The van der Waals surface area contributed by atoms with E-state index in [-0.39, 0.29) is 5.91 Å². The second-order valence-electron chi connectivity index (χ2n) is 7.63. The molecule has 5 heteroatoms. The van der Waals surface area contributed by atoms with Crippen LogP contribution in [0.3, 0.4) is 0 Å². The monoisotopic (exact) mass is 456 g/mol. The number of thioether (sulfide) groups is 1. The van der Waals surface area contributed by atoms with Gasteiger partial charge in [-0.3, -0.25) is 4.79 Å². The van der Waals surface area contributed by atoms with Gasteiger partial charge in [-0.1, -0.05) is 78.3 Å². The van der Waals surface area contributed by atoms with Crippen LogP contribution in [0.25, 0.3) is 21.7 Å². The van der Waals surface area contributed by atoms with Crippen molar-refractivity contribution in [2.24, 2.45) is 0 Å². The highest BCUT2D eigenvalue weighted by Crippen LogP contribution is 2.31. The molecule has 4 aromatic carbocycles. The molecule has 1 heterocycles. The van der Waals surface area contributed by atoms with Crippen LogP contribution in [0.1, 0.15) is 5.56 Å². The Morgan fingerprint density at radius 3 is 2.41 bits per heavy atom. The molecule has 32 heavy (non-hydrogen) atoms. The SMILES string of the molecule is O=C(CSc1cn(Cc2ccc(Cl)cc2)c2ccccc12)Nc1cccc2ccccc12. The zero-order valence-corrected chi connectivity index (χ0v) is 18.9. The predicted octanol–water partition coefficient (Wildman–Crippen LogP) is 7.23. The van der Waals surface area contributed by atoms with E-state index in [1.807, 2.05) is 66.7 Å². The predicted molar refractivity (Wildman–Crippen MR) is 136 cm³/mol. The minimum atomic E-state index is -0.0131. The first-order valence-electron chi connectivity index (χ1n) is 10.4. The molecule has 0 unspecified atom stereocenters. The lowest BCUT2D eigenvalue weighted by molar-refractivity contribution is -0.113. The van der Waals surface area contributed by atoms with Crippen LogP contribution in [0, 0.1) is 0 Å². The number of benzene rings is 4. The van der Waals surface area contributed by atoms with Crippen LogP contribution < -0.4 is 5.32 Å². The van der Waals surface area contributed by atoms with Crippen molar-refractivity contribution in [2.75, 3.05) is 11.1 Å². The van der Waals surface area contributed by atoms with Crippen LogP contribution in [-0.2, 0) is 11.3 Å². The summed E-state index contributed by atoms with van der Waals surface area (Å²) in [7, 11) is 0. The second kappa shape index (κ2) is 9.11. The Labute approximate surface area is 196 Å². The van der Waals surface area contributed by atoms with Crippen LogP contribution in [0.15, 0.2) is 102 Å². The number of amides is 1. The van der Waals surface area contributed by atoms with E-state index in [9.17, 15) is 4.79 Å². The Hall–Kier alpha value is -3.21. The zero-order chi connectivity index (χ0) is 21.9. The van der Waals surface area contributed by atoms with E-state index in [1.165, 1.54) is 5.56 Å². The highest BCUT2D eigenvalue weighted by atomic mass is 35.5. The molecule has 5 aromatic rings. The van der Waals surface area contributed by atoms with Crippen molar-refractivity contribution >= 4 is 56.6 Å². The van der Waals surface area contributed by atoms with Crippen molar-refractivity contribution in [3.8, 4) is 0 Å². The maximum absolute atomic E-state index is 12.7. The van der Waals surface area contributed by atoms with Crippen LogP contribution in [0.5, 0.6) is 0 Å². The van der Waals surface area contributed by atoms with Gasteiger partial charge in [-0.25, -0.2) is 0 Å². The molecule has 0 radical (unpaired) electrons. The lowest BCUT2D eigenvalue weighted by Gasteiger charge is -2.08. The molecule has 0 saturated carbocycles. The summed E-state index contributed by atoms with van der Waals surface area (Å²) >= 11 is 7.59. The van der Waals surface area contributed by atoms with E-state index < -0.39 is 0 Å². The summed E-state index contributed by atoms with van der Waals surface area (Å²) in [5, 5.41) is 7.13. The van der Waals surface area contributed by atoms with Crippen LogP contribution in [0.2, 0.25) is 5.02 Å². The number of nitrogens with zero attached hydrogens (tertiary/aromatic N) is 1. The molecule has 0 spiro atoms. The smallest absolute Gasteiger partial charge is 0.234 e. The van der Waals surface area contributed by atoms with Gasteiger partial charge in [0.15, 0.2) is 0 Å². The number of hydrogen-bond donors (Lipinski definition) is 1. The summed E-state index contributed by atoms with van der Waals surface area (Å²) < 4.78 is 2.23. The van der Waals surface area contributed by atoms with Crippen molar-refractivity contribution in [1.29, 1.82) is 0 Å². The minimum absolute atomic E-state index is 0.0131. The number of rotatable bonds is 6. The van der Waals surface area contributed by atoms with Gasteiger partial charge in [0.25, 0.3) is 0 Å². The lowest BCUT2D eigenvalue weighted by Crippen LogP contribution is -2.14. The topological polar surface area (TPSA) is 34.0 Å². The number of aromatic nitrogens is 1. The first-order chi connectivity index (χ1) is 15.7. The molecule has 0 bridgehead atoms. The van der Waals surface area contributed by atoms with Crippen molar-refractivity contribution < 1.29 is 4.79 Å². The van der Waals surface area contributed by atoms with E-state index in [0.717, 1.165) is 43.8 Å². The van der Waals surface area contributed by atoms with Crippen LogP contribution in [-0.4, -0.2) is 16.2 Å². The van der Waals surface area contributed by atoms with E-state index in [4.69, 9.17) is 11.6 Å². The van der Waals surface area contributed by atoms with Crippen molar-refractivity contribution in [3.63, 3.8) is 0 Å². The van der Waals surface area contributed by atoms with E-state index in [1.54, 1.807) is 11.8 Å². The molecule has 0 aliphatic heterocycles. The van der Waals surface area contributed by atoms with Gasteiger partial charge in [0.2, 0.25) is 5.91 Å². The molecule has 1 N–H and O–H groups in total. The van der Waals surface area contributed by atoms with E-state index >= 15 is 0 Å². The highest BCUT2D eigenvalue weighted by molar-refractivity contribution is 8.00. The Morgan fingerprint density at radius 2 is 1.56 bits per heavy atom. The summed E-state index contributed by atoms with van der Waals surface area (Å²) in [4.78, 5) is 13.8. The molecule has 0 atom stereocenters. The third-order valence-corrected chi connectivity index (χ3v) is 6.74. The lowest BCUT2D eigenvalue weighted by atomic mass is 10.1. The number of anilines is 1. The van der Waals surface area contributed by atoms with Crippen molar-refractivity contribution in [3.05, 3.63) is 108 Å². The van der Waals surface area contributed by atoms with Crippen molar-refractivity contribution in [2.45, 2.75) is 11.4 Å². The summed E-state index contributed by atoms with van der Waals surface area (Å²) in [6, 6.07) is 30.3. The molecule has 3 nitrogen and oxygen atoms in total. The van der Waals surface area contributed by atoms with Gasteiger partial charge in [0, 0.05) is 44.6 Å². The zero-order valence-electron chi connectivity index (χ0n) is 17.3. The molecule has 5 rings (SSSR count). The number of carbonyl (C=O) groups excluding carboxylic acids is 1. The quantitative estimate of drug-likeness (QED) is 0.273. The van der Waals surface area contributed by atoms with Gasteiger partial charge < -0.3 is 9.88 Å². The average molecular weight is 457 g/mol. The summed E-state index contributed by atoms with van der Waals surface area (Å²) in [5.74, 6) is 0.332. The van der Waals surface area contributed by atoms with Gasteiger partial charge in [-0.2, -0.15) is 0 Å². The maximum Gasteiger partial charge on any atom is 0.234 e. The number of para-hydroxylation sites is 1. The summed E-state index contributed by atoms with van der Waals surface area (Å²) in [6.45, 7) is 0.750. The van der Waals surface area contributed by atoms with E-state index in [0.29, 0.717) is 5.75 Å². The molecule has 158 valence electrons. The summed E-state index contributed by atoms with van der Waals surface area (Å²) in [5.41, 5.74) is 3.18. The van der Waals surface area contributed by atoms with Crippen LogP contribution in [0.4, 0.5) is 5.69 Å². The molecule has 0 fully saturated rings. The summed E-state index contributed by atoms with van der Waals surface area (Å²) in [6.07, 6.45) is 2.13. The molecule has 0 saturated heterocycles. The number of fused-ring (bicyclic) bond motifs is 2. The Morgan fingerprint density at radius 1 is 0.844 bits per heavy atom. The average Bonchev–Trinajstić information content (AvgIpc) is 3.17. The Bertz CT molecular complexity index is 1400. The largest absolute Gasteiger partial charge is 0.342 e. The molecule has 0 aliphatic carbocycles. The Balaban J connectivity index is 1.34. The first kappa shape index (κ1) is 20.7. The van der Waals surface area contributed by atoms with Crippen LogP contribution >= 0.6 is 23.4 Å².